The summed E-state index contributed by atoms with van der Waals surface area (Å²) in [6, 6.07) is 5.11. The van der Waals surface area contributed by atoms with Gasteiger partial charge in [0.1, 0.15) is 0 Å². The third-order valence-electron chi connectivity index (χ3n) is 2.35. The number of methoxy groups -OCH3 is 1. The van der Waals surface area contributed by atoms with E-state index in [0.29, 0.717) is 21.9 Å². The van der Waals surface area contributed by atoms with Crippen molar-refractivity contribution >= 4 is 21.9 Å². The zero-order valence-electron chi connectivity index (χ0n) is 10.1. The second-order valence-corrected chi connectivity index (χ2v) is 4.48. The Morgan fingerprint density at radius 1 is 1.37 bits per heavy atom. The lowest BCUT2D eigenvalue weighted by Crippen LogP contribution is -1.99. The molecule has 0 bridgehead atoms. The molecule has 0 fully saturated rings. The number of halogens is 1. The lowest BCUT2D eigenvalue weighted by molar-refractivity contribution is 0.280. The lowest BCUT2D eigenvalue weighted by atomic mass is 10.2. The van der Waals surface area contributed by atoms with E-state index >= 15 is 0 Å². The Morgan fingerprint density at radius 2 is 2.16 bits per heavy atom. The molecule has 0 atom stereocenters. The molecule has 0 aliphatic carbocycles. The van der Waals surface area contributed by atoms with Crippen molar-refractivity contribution in [1.29, 1.82) is 0 Å². The number of aliphatic hydroxyl groups excluding tert-OH is 1. The molecule has 1 heterocycles. The number of hydrogen-bond acceptors (Lipinski definition) is 6. The first kappa shape index (κ1) is 13.6. The third-order valence-corrected chi connectivity index (χ3v) is 2.89. The Labute approximate surface area is 118 Å². The number of aliphatic hydroxyl groups is 1. The fourth-order valence-electron chi connectivity index (χ4n) is 1.43. The van der Waals surface area contributed by atoms with Crippen molar-refractivity contribution in [1.82, 2.24) is 9.97 Å². The summed E-state index contributed by atoms with van der Waals surface area (Å²) in [7, 11) is 1.52. The Kier molecular flexibility index (Phi) is 4.18. The number of nitrogen functional groups attached to an aromatic ring is 1. The van der Waals surface area contributed by atoms with Gasteiger partial charge < -0.3 is 20.3 Å². The van der Waals surface area contributed by atoms with Crippen LogP contribution in [0.5, 0.6) is 17.4 Å². The SMILES string of the molecule is COc1cc(CO)ccc1Oc1nc(N)ncc1Br. The summed E-state index contributed by atoms with van der Waals surface area (Å²) in [4.78, 5) is 7.81. The van der Waals surface area contributed by atoms with Crippen LogP contribution in [0.4, 0.5) is 5.95 Å². The van der Waals surface area contributed by atoms with E-state index in [0.717, 1.165) is 5.56 Å². The molecule has 0 saturated heterocycles. The molecule has 7 heteroatoms. The molecular formula is C12H12BrN3O3. The highest BCUT2D eigenvalue weighted by Crippen LogP contribution is 2.34. The molecular weight excluding hydrogens is 314 g/mol. The zero-order valence-corrected chi connectivity index (χ0v) is 11.7. The number of ether oxygens (including phenoxy) is 2. The molecule has 2 aromatic rings. The molecule has 2 rings (SSSR count). The zero-order chi connectivity index (χ0) is 13.8. The van der Waals surface area contributed by atoms with E-state index in [4.69, 9.17) is 20.3 Å². The Balaban J connectivity index is 2.35. The van der Waals surface area contributed by atoms with E-state index in [1.54, 1.807) is 18.2 Å². The van der Waals surface area contributed by atoms with Crippen molar-refractivity contribution in [2.45, 2.75) is 6.61 Å². The van der Waals surface area contributed by atoms with Crippen molar-refractivity contribution in [3.63, 3.8) is 0 Å². The van der Waals surface area contributed by atoms with Crippen molar-refractivity contribution in [3.05, 3.63) is 34.4 Å². The average molecular weight is 326 g/mol. The fourth-order valence-corrected chi connectivity index (χ4v) is 1.71. The maximum Gasteiger partial charge on any atom is 0.238 e. The van der Waals surface area contributed by atoms with Gasteiger partial charge in [-0.25, -0.2) is 4.98 Å². The van der Waals surface area contributed by atoms with E-state index in [1.807, 2.05) is 0 Å². The number of nitrogens with zero attached hydrogens (tertiary/aromatic N) is 2. The normalized spacial score (nSPS) is 10.3. The second-order valence-electron chi connectivity index (χ2n) is 3.63. The molecule has 19 heavy (non-hydrogen) atoms. The van der Waals surface area contributed by atoms with Gasteiger partial charge in [0.2, 0.25) is 11.8 Å². The lowest BCUT2D eigenvalue weighted by Gasteiger charge is -2.11. The summed E-state index contributed by atoms with van der Waals surface area (Å²) in [6.45, 7) is -0.0687. The van der Waals surface area contributed by atoms with Crippen molar-refractivity contribution in [2.24, 2.45) is 0 Å². The first-order valence-electron chi connectivity index (χ1n) is 5.37. The molecule has 100 valence electrons. The van der Waals surface area contributed by atoms with Crippen LogP contribution < -0.4 is 15.2 Å². The van der Waals surface area contributed by atoms with Gasteiger partial charge in [0, 0.05) is 0 Å². The number of aromatic nitrogens is 2. The fraction of sp³-hybridized carbons (Fsp3) is 0.167. The van der Waals surface area contributed by atoms with E-state index in [1.165, 1.54) is 13.3 Å². The predicted octanol–water partition coefficient (Wildman–Crippen LogP) is 2.11. The quantitative estimate of drug-likeness (QED) is 0.894. The van der Waals surface area contributed by atoms with Crippen LogP contribution in [0.25, 0.3) is 0 Å². The Morgan fingerprint density at radius 3 is 2.84 bits per heavy atom. The maximum atomic E-state index is 9.08. The molecule has 0 aliphatic rings. The van der Waals surface area contributed by atoms with E-state index in [2.05, 4.69) is 25.9 Å². The Bertz CT molecular complexity index is 592. The first-order valence-corrected chi connectivity index (χ1v) is 6.17. The molecule has 6 nitrogen and oxygen atoms in total. The summed E-state index contributed by atoms with van der Waals surface area (Å²) in [6.07, 6.45) is 1.51. The molecule has 0 aliphatic heterocycles. The highest BCUT2D eigenvalue weighted by Gasteiger charge is 2.11. The topological polar surface area (TPSA) is 90.5 Å². The molecule has 0 unspecified atom stereocenters. The van der Waals surface area contributed by atoms with Gasteiger partial charge in [0.15, 0.2) is 11.5 Å². The minimum absolute atomic E-state index is 0.0687. The van der Waals surface area contributed by atoms with Gasteiger partial charge in [-0.1, -0.05) is 6.07 Å². The molecule has 0 amide bonds. The van der Waals surface area contributed by atoms with E-state index in [9.17, 15) is 0 Å². The number of hydrogen-bond donors (Lipinski definition) is 2. The van der Waals surface area contributed by atoms with E-state index in [-0.39, 0.29) is 12.6 Å². The third kappa shape index (κ3) is 3.12. The Hall–Kier alpha value is -1.86. The monoisotopic (exact) mass is 325 g/mol. The van der Waals surface area contributed by atoms with Gasteiger partial charge in [0.05, 0.1) is 24.4 Å². The molecule has 1 aromatic carbocycles. The molecule has 0 radical (unpaired) electrons. The van der Waals surface area contributed by atoms with Crippen LogP contribution in [0.3, 0.4) is 0 Å². The summed E-state index contributed by atoms with van der Waals surface area (Å²) < 4.78 is 11.4. The van der Waals surface area contributed by atoms with Gasteiger partial charge in [-0.3, -0.25) is 0 Å². The summed E-state index contributed by atoms with van der Waals surface area (Å²) in [5, 5.41) is 9.08. The van der Waals surface area contributed by atoms with Crippen LogP contribution >= 0.6 is 15.9 Å². The largest absolute Gasteiger partial charge is 0.493 e. The van der Waals surface area contributed by atoms with Crippen LogP contribution in [0.15, 0.2) is 28.9 Å². The summed E-state index contributed by atoms with van der Waals surface area (Å²) in [5.74, 6) is 1.38. The predicted molar refractivity (Wildman–Crippen MR) is 73.1 cm³/mol. The van der Waals surface area contributed by atoms with Gasteiger partial charge in [-0.2, -0.15) is 4.98 Å². The smallest absolute Gasteiger partial charge is 0.238 e. The minimum atomic E-state index is -0.0687. The molecule has 0 spiro atoms. The number of anilines is 1. The standard InChI is InChI=1S/C12H12BrN3O3/c1-18-10-4-7(6-17)2-3-9(10)19-11-8(13)5-15-12(14)16-11/h2-5,17H,6H2,1H3,(H2,14,15,16). The summed E-state index contributed by atoms with van der Waals surface area (Å²) in [5.41, 5.74) is 6.24. The minimum Gasteiger partial charge on any atom is -0.493 e. The number of nitrogens with two attached hydrogens (primary N) is 1. The van der Waals surface area contributed by atoms with Crippen LogP contribution in [0.2, 0.25) is 0 Å². The van der Waals surface area contributed by atoms with Crippen molar-refractivity contribution < 1.29 is 14.6 Å². The van der Waals surface area contributed by atoms with Crippen LogP contribution in [-0.4, -0.2) is 22.2 Å². The highest BCUT2D eigenvalue weighted by atomic mass is 79.9. The molecule has 1 aromatic heterocycles. The first-order chi connectivity index (χ1) is 9.13. The average Bonchev–Trinajstić information content (AvgIpc) is 2.43. The highest BCUT2D eigenvalue weighted by molar-refractivity contribution is 9.10. The molecule has 3 N–H and O–H groups in total. The van der Waals surface area contributed by atoms with Gasteiger partial charge in [0.25, 0.3) is 0 Å². The van der Waals surface area contributed by atoms with Gasteiger partial charge in [-0.05, 0) is 33.6 Å². The number of benzene rings is 1. The second kappa shape index (κ2) is 5.85. The van der Waals surface area contributed by atoms with Crippen molar-refractivity contribution in [2.75, 3.05) is 12.8 Å². The number of rotatable bonds is 4. The van der Waals surface area contributed by atoms with Gasteiger partial charge >= 0.3 is 0 Å². The molecule has 0 saturated carbocycles. The maximum absolute atomic E-state index is 9.08. The summed E-state index contributed by atoms with van der Waals surface area (Å²) >= 11 is 3.28. The van der Waals surface area contributed by atoms with Gasteiger partial charge in [-0.15, -0.1) is 0 Å². The van der Waals surface area contributed by atoms with Crippen molar-refractivity contribution in [3.8, 4) is 17.4 Å². The van der Waals surface area contributed by atoms with E-state index < -0.39 is 0 Å². The van der Waals surface area contributed by atoms with Crippen LogP contribution in [0, 0.1) is 0 Å². The van der Waals surface area contributed by atoms with Crippen LogP contribution in [-0.2, 0) is 6.61 Å². The van der Waals surface area contributed by atoms with Crippen LogP contribution in [0.1, 0.15) is 5.56 Å².